The second-order valence-electron chi connectivity index (χ2n) is 9.04. The van der Waals surface area contributed by atoms with Gasteiger partial charge in [0.2, 0.25) is 0 Å². The molecule has 0 aliphatic heterocycles. The lowest BCUT2D eigenvalue weighted by atomic mass is 10.1. The second-order valence-corrected chi connectivity index (χ2v) is 11.7. The molecule has 1 aromatic heterocycles. The molecule has 0 spiro atoms. The Kier molecular flexibility index (Phi) is 6.25. The van der Waals surface area contributed by atoms with Crippen LogP contribution in [0.3, 0.4) is 0 Å². The first-order chi connectivity index (χ1) is 16.0. The number of sulfone groups is 1. The molecule has 2 aromatic carbocycles. The number of carbonyl (C=O) groups is 2. The number of amides is 1. The van der Waals surface area contributed by atoms with Crippen LogP contribution in [-0.2, 0) is 21.7 Å². The summed E-state index contributed by atoms with van der Waals surface area (Å²) in [6.07, 6.45) is 1.39. The predicted molar refractivity (Wildman–Crippen MR) is 131 cm³/mol. The van der Waals surface area contributed by atoms with Gasteiger partial charge >= 0.3 is 5.97 Å². The summed E-state index contributed by atoms with van der Waals surface area (Å²) >= 11 is 6.35. The van der Waals surface area contributed by atoms with Crippen LogP contribution in [0.2, 0.25) is 5.02 Å². The number of aryl methyl sites for hydroxylation is 2. The van der Waals surface area contributed by atoms with E-state index in [9.17, 15) is 23.1 Å². The summed E-state index contributed by atoms with van der Waals surface area (Å²) in [5.74, 6) is -1.58. The van der Waals surface area contributed by atoms with Crippen molar-refractivity contribution in [3.63, 3.8) is 0 Å². The molecule has 1 aliphatic rings. The highest BCUT2D eigenvalue weighted by Gasteiger charge is 2.53. The summed E-state index contributed by atoms with van der Waals surface area (Å²) in [4.78, 5) is 24.8. The Hall–Kier alpha value is -2.84. The fourth-order valence-corrected chi connectivity index (χ4v) is 7.12. The number of carbonyl (C=O) groups excluding carboxylic acids is 1. The average molecular weight is 503 g/mol. The summed E-state index contributed by atoms with van der Waals surface area (Å²) in [6.45, 7) is 3.74. The Labute approximate surface area is 203 Å². The van der Waals surface area contributed by atoms with Crippen molar-refractivity contribution in [1.29, 1.82) is 0 Å². The first-order valence-electron chi connectivity index (χ1n) is 11.1. The van der Waals surface area contributed by atoms with Crippen LogP contribution in [-0.4, -0.2) is 34.7 Å². The fraction of sp³-hybridized carbons (Fsp3) is 0.360. The van der Waals surface area contributed by atoms with Crippen LogP contribution in [0.1, 0.15) is 60.3 Å². The van der Waals surface area contributed by atoms with Crippen molar-refractivity contribution in [2.24, 2.45) is 7.05 Å². The van der Waals surface area contributed by atoms with Crippen LogP contribution < -0.4 is 5.32 Å². The van der Waals surface area contributed by atoms with E-state index in [4.69, 9.17) is 11.6 Å². The maximum Gasteiger partial charge on any atom is 0.325 e. The molecule has 9 heteroatoms. The van der Waals surface area contributed by atoms with Crippen LogP contribution in [0.15, 0.2) is 47.4 Å². The standard InChI is InChI=1S/C25H27ClN2O5S/c1-15-12-20(26)19-14-22(28(3)21(19)13-15)23(29)27-16(2)17-6-8-18(9-7-17)34(32,33)25(24(30)31)10-4-5-11-25/h6-9,12-14,16H,4-5,10-11H2,1-3H3,(H,27,29)(H,30,31)/t16-/m1/s1. The minimum Gasteiger partial charge on any atom is -0.480 e. The van der Waals surface area contributed by atoms with Crippen LogP contribution in [0.4, 0.5) is 0 Å². The number of benzene rings is 2. The molecule has 1 heterocycles. The van der Waals surface area contributed by atoms with Gasteiger partial charge in [0.05, 0.1) is 21.5 Å². The third-order valence-corrected chi connectivity index (χ3v) is 9.66. The van der Waals surface area contributed by atoms with Crippen LogP contribution in [0, 0.1) is 6.92 Å². The molecule has 34 heavy (non-hydrogen) atoms. The van der Waals surface area contributed by atoms with Crippen molar-refractivity contribution < 1.29 is 23.1 Å². The van der Waals surface area contributed by atoms with Gasteiger partial charge in [0.1, 0.15) is 5.69 Å². The van der Waals surface area contributed by atoms with Gasteiger partial charge in [-0.15, -0.1) is 0 Å². The molecule has 1 aliphatic carbocycles. The summed E-state index contributed by atoms with van der Waals surface area (Å²) in [7, 11) is -2.23. The minimum absolute atomic E-state index is 0.0160. The highest BCUT2D eigenvalue weighted by Crippen LogP contribution is 2.41. The monoisotopic (exact) mass is 502 g/mol. The third kappa shape index (κ3) is 3.88. The van der Waals surface area contributed by atoms with Gasteiger partial charge in [-0.1, -0.05) is 36.6 Å². The topological polar surface area (TPSA) is 105 Å². The van der Waals surface area contributed by atoms with E-state index in [2.05, 4.69) is 5.32 Å². The molecule has 1 amide bonds. The maximum atomic E-state index is 13.2. The van der Waals surface area contributed by atoms with Gasteiger partial charge in [0.25, 0.3) is 5.91 Å². The Morgan fingerprint density at radius 1 is 1.12 bits per heavy atom. The van der Waals surface area contributed by atoms with E-state index in [1.165, 1.54) is 12.1 Å². The lowest BCUT2D eigenvalue weighted by Gasteiger charge is -2.24. The number of carboxylic acids is 1. The van der Waals surface area contributed by atoms with Gasteiger partial charge in [0, 0.05) is 12.4 Å². The van der Waals surface area contributed by atoms with Crippen LogP contribution in [0.5, 0.6) is 0 Å². The van der Waals surface area contributed by atoms with Crippen LogP contribution in [0.25, 0.3) is 10.9 Å². The normalized spacial score (nSPS) is 16.5. The van der Waals surface area contributed by atoms with E-state index < -0.39 is 26.6 Å². The molecule has 7 nitrogen and oxygen atoms in total. The van der Waals surface area contributed by atoms with E-state index in [1.54, 1.807) is 36.7 Å². The van der Waals surface area contributed by atoms with E-state index in [0.717, 1.165) is 16.5 Å². The van der Waals surface area contributed by atoms with Crippen molar-refractivity contribution in [2.45, 2.75) is 55.2 Å². The van der Waals surface area contributed by atoms with Crippen molar-refractivity contribution in [3.05, 3.63) is 64.3 Å². The highest BCUT2D eigenvalue weighted by molar-refractivity contribution is 7.93. The Morgan fingerprint density at radius 3 is 2.32 bits per heavy atom. The molecule has 1 saturated carbocycles. The molecular weight excluding hydrogens is 476 g/mol. The second kappa shape index (κ2) is 8.74. The number of hydrogen-bond acceptors (Lipinski definition) is 4. The first kappa shape index (κ1) is 24.3. The summed E-state index contributed by atoms with van der Waals surface area (Å²) in [6, 6.07) is 11.2. The van der Waals surface area contributed by atoms with E-state index in [-0.39, 0.29) is 23.6 Å². The molecule has 2 N–H and O–H groups in total. The van der Waals surface area contributed by atoms with Gasteiger partial charge < -0.3 is 15.0 Å². The summed E-state index contributed by atoms with van der Waals surface area (Å²) in [5.41, 5.74) is 3.02. The smallest absolute Gasteiger partial charge is 0.325 e. The lowest BCUT2D eigenvalue weighted by molar-refractivity contribution is -0.139. The molecule has 0 unspecified atom stereocenters. The number of carboxylic acid groups (broad SMARTS) is 1. The molecule has 4 rings (SSSR count). The number of rotatable bonds is 6. The van der Waals surface area contributed by atoms with E-state index in [0.29, 0.717) is 29.1 Å². The molecular formula is C25H27ClN2O5S. The summed E-state index contributed by atoms with van der Waals surface area (Å²) in [5, 5.41) is 14.0. The SMILES string of the molecule is Cc1cc(Cl)c2cc(C(=O)N[C@H](C)c3ccc(S(=O)(=O)C4(C(=O)O)CCCC4)cc3)n(C)c2c1. The van der Waals surface area contributed by atoms with E-state index in [1.807, 2.05) is 19.1 Å². The quantitative estimate of drug-likeness (QED) is 0.503. The van der Waals surface area contributed by atoms with Gasteiger partial charge in [0.15, 0.2) is 14.6 Å². The lowest BCUT2D eigenvalue weighted by Crippen LogP contribution is -2.43. The van der Waals surface area contributed by atoms with Crippen molar-refractivity contribution >= 4 is 44.2 Å². The molecule has 0 radical (unpaired) electrons. The zero-order chi connectivity index (χ0) is 24.8. The van der Waals surface area contributed by atoms with Crippen LogP contribution >= 0.6 is 11.6 Å². The molecule has 180 valence electrons. The molecule has 1 fully saturated rings. The Bertz CT molecular complexity index is 1390. The van der Waals surface area contributed by atoms with Crippen molar-refractivity contribution in [3.8, 4) is 0 Å². The molecule has 3 aromatic rings. The number of nitrogens with zero attached hydrogens (tertiary/aromatic N) is 1. The molecule has 0 bridgehead atoms. The average Bonchev–Trinajstić information content (AvgIpc) is 3.41. The van der Waals surface area contributed by atoms with Gasteiger partial charge in [-0.3, -0.25) is 9.59 Å². The largest absolute Gasteiger partial charge is 0.480 e. The Balaban J connectivity index is 1.56. The number of aliphatic carboxylic acids is 1. The van der Waals surface area contributed by atoms with Gasteiger partial charge in [-0.05, 0) is 68.1 Å². The summed E-state index contributed by atoms with van der Waals surface area (Å²) < 4.78 is 26.3. The number of nitrogens with one attached hydrogen (secondary N) is 1. The fourth-order valence-electron chi connectivity index (χ4n) is 4.80. The van der Waals surface area contributed by atoms with Crippen molar-refractivity contribution in [1.82, 2.24) is 9.88 Å². The molecule has 1 atom stereocenters. The zero-order valence-corrected chi connectivity index (χ0v) is 20.8. The number of aromatic nitrogens is 1. The third-order valence-electron chi connectivity index (χ3n) is 6.84. The van der Waals surface area contributed by atoms with Crippen molar-refractivity contribution in [2.75, 3.05) is 0 Å². The minimum atomic E-state index is -4.04. The molecule has 0 saturated heterocycles. The van der Waals surface area contributed by atoms with E-state index >= 15 is 0 Å². The number of fused-ring (bicyclic) bond motifs is 1. The highest BCUT2D eigenvalue weighted by atomic mass is 35.5. The first-order valence-corrected chi connectivity index (χ1v) is 13.0. The zero-order valence-electron chi connectivity index (χ0n) is 19.3. The number of halogens is 1. The Morgan fingerprint density at radius 2 is 1.74 bits per heavy atom. The van der Waals surface area contributed by atoms with Gasteiger partial charge in [-0.25, -0.2) is 8.42 Å². The van der Waals surface area contributed by atoms with Gasteiger partial charge in [-0.2, -0.15) is 0 Å². The maximum absolute atomic E-state index is 13.2. The predicted octanol–water partition coefficient (Wildman–Crippen LogP) is 4.80. The number of hydrogen-bond donors (Lipinski definition) is 2.